The lowest BCUT2D eigenvalue weighted by molar-refractivity contribution is -0.898. The molecule has 2 N–H and O–H groups in total. The lowest BCUT2D eigenvalue weighted by atomic mass is 10.1. The number of rotatable bonds is 6. The minimum atomic E-state index is -3.60. The molecule has 0 saturated carbocycles. The van der Waals surface area contributed by atoms with Crippen molar-refractivity contribution in [1.82, 2.24) is 4.31 Å². The van der Waals surface area contributed by atoms with E-state index in [0.717, 1.165) is 48.4 Å². The molecule has 0 radical (unpaired) electrons. The van der Waals surface area contributed by atoms with E-state index in [4.69, 9.17) is 0 Å². The van der Waals surface area contributed by atoms with Gasteiger partial charge >= 0.3 is 0 Å². The fourth-order valence-electron chi connectivity index (χ4n) is 3.48. The van der Waals surface area contributed by atoms with Crippen LogP contribution in [0.3, 0.4) is 0 Å². The maximum atomic E-state index is 12.9. The first-order valence-electron chi connectivity index (χ1n) is 9.84. The Bertz CT molecular complexity index is 967. The first kappa shape index (κ1) is 21.3. The smallest absolute Gasteiger partial charge is 0.255 e. The molecular weight excluding hydrogens is 388 g/mol. The van der Waals surface area contributed by atoms with E-state index in [-0.39, 0.29) is 10.8 Å². The molecule has 0 aromatic heterocycles. The molecule has 1 aliphatic rings. The van der Waals surface area contributed by atoms with Crippen molar-refractivity contribution in [2.45, 2.75) is 11.8 Å². The summed E-state index contributed by atoms with van der Waals surface area (Å²) in [5.74, 6) is -0.328. The number of likely N-dealkylation sites (N-methyl/N-ethyl adjacent to an activating group) is 1. The maximum absolute atomic E-state index is 12.9. The highest BCUT2D eigenvalue weighted by atomic mass is 32.2. The number of hydrogen-bond donors (Lipinski definition) is 2. The second kappa shape index (κ2) is 8.94. The summed E-state index contributed by atoms with van der Waals surface area (Å²) in [6, 6.07) is 13.9. The normalized spacial score (nSPS) is 15.5. The van der Waals surface area contributed by atoms with Crippen molar-refractivity contribution in [2.24, 2.45) is 0 Å². The second-order valence-electron chi connectivity index (χ2n) is 7.38. The number of carbonyl (C=O) groups is 1. The molecule has 156 valence electrons. The Morgan fingerprint density at radius 3 is 2.45 bits per heavy atom. The van der Waals surface area contributed by atoms with Crippen LogP contribution in [0, 0.1) is 0 Å². The summed E-state index contributed by atoms with van der Waals surface area (Å²) in [5.41, 5.74) is 2.04. The van der Waals surface area contributed by atoms with Crippen LogP contribution >= 0.6 is 0 Å². The quantitative estimate of drug-likeness (QED) is 0.733. The third kappa shape index (κ3) is 4.77. The summed E-state index contributed by atoms with van der Waals surface area (Å²) in [4.78, 5) is 16.8. The predicted molar refractivity (Wildman–Crippen MR) is 115 cm³/mol. The van der Waals surface area contributed by atoms with Crippen LogP contribution < -0.4 is 15.1 Å². The number of amides is 1. The number of sulfonamides is 1. The summed E-state index contributed by atoms with van der Waals surface area (Å²) in [6.45, 7) is 7.34. The van der Waals surface area contributed by atoms with Crippen molar-refractivity contribution in [3.63, 3.8) is 0 Å². The van der Waals surface area contributed by atoms with E-state index in [1.54, 1.807) is 17.0 Å². The second-order valence-corrected chi connectivity index (χ2v) is 9.53. The average molecular weight is 418 g/mol. The van der Waals surface area contributed by atoms with E-state index in [1.807, 2.05) is 24.3 Å². The number of nitrogens with one attached hydrogen (secondary N) is 2. The molecule has 2 aromatic carbocycles. The monoisotopic (exact) mass is 417 g/mol. The average Bonchev–Trinajstić information content (AvgIpc) is 2.74. The SMILES string of the molecule is CC[NH+]1CCN(c2ccccc2NC(=O)c2cccc(S(=O)(=O)N(C)C)c2)CC1. The fraction of sp³-hybridized carbons (Fsp3) is 0.381. The molecular formula is C21H29N4O3S+. The number of anilines is 2. The highest BCUT2D eigenvalue weighted by molar-refractivity contribution is 7.89. The zero-order chi connectivity index (χ0) is 21.0. The Balaban J connectivity index is 1.80. The molecule has 1 heterocycles. The highest BCUT2D eigenvalue weighted by Crippen LogP contribution is 2.26. The Morgan fingerprint density at radius 1 is 1.10 bits per heavy atom. The summed E-state index contributed by atoms with van der Waals surface area (Å²) in [6.07, 6.45) is 0. The summed E-state index contributed by atoms with van der Waals surface area (Å²) < 4.78 is 25.9. The van der Waals surface area contributed by atoms with E-state index in [0.29, 0.717) is 5.56 Å². The van der Waals surface area contributed by atoms with E-state index in [2.05, 4.69) is 17.1 Å². The summed E-state index contributed by atoms with van der Waals surface area (Å²) >= 11 is 0. The minimum Gasteiger partial charge on any atom is -0.359 e. The topological polar surface area (TPSA) is 74.2 Å². The van der Waals surface area contributed by atoms with Gasteiger partial charge in [0.05, 0.1) is 49.0 Å². The largest absolute Gasteiger partial charge is 0.359 e. The molecule has 1 fully saturated rings. The molecule has 7 nitrogen and oxygen atoms in total. The molecule has 2 aromatic rings. The van der Waals surface area contributed by atoms with Crippen molar-refractivity contribution in [2.75, 3.05) is 57.0 Å². The minimum absolute atomic E-state index is 0.0992. The van der Waals surface area contributed by atoms with E-state index < -0.39 is 10.0 Å². The molecule has 0 atom stereocenters. The van der Waals surface area contributed by atoms with Crippen LogP contribution in [0.25, 0.3) is 0 Å². The molecule has 3 rings (SSSR count). The van der Waals surface area contributed by atoms with Crippen LogP contribution in [0.5, 0.6) is 0 Å². The number of hydrogen-bond acceptors (Lipinski definition) is 4. The van der Waals surface area contributed by atoms with E-state index >= 15 is 0 Å². The first-order valence-corrected chi connectivity index (χ1v) is 11.3. The van der Waals surface area contributed by atoms with Crippen LogP contribution in [0.4, 0.5) is 11.4 Å². The van der Waals surface area contributed by atoms with Crippen molar-refractivity contribution >= 4 is 27.3 Å². The molecule has 1 amide bonds. The van der Waals surface area contributed by atoms with Gasteiger partial charge in [-0.05, 0) is 37.3 Å². The van der Waals surface area contributed by atoms with Crippen LogP contribution in [0.15, 0.2) is 53.4 Å². The van der Waals surface area contributed by atoms with Gasteiger partial charge in [0, 0.05) is 19.7 Å². The van der Waals surface area contributed by atoms with Gasteiger partial charge in [-0.2, -0.15) is 0 Å². The van der Waals surface area contributed by atoms with E-state index in [1.165, 1.54) is 26.2 Å². The van der Waals surface area contributed by atoms with Crippen molar-refractivity contribution in [3.05, 3.63) is 54.1 Å². The molecule has 1 saturated heterocycles. The molecule has 8 heteroatoms. The maximum Gasteiger partial charge on any atom is 0.255 e. The number of piperazine rings is 1. The number of quaternary nitrogens is 1. The number of nitrogens with zero attached hydrogens (tertiary/aromatic N) is 2. The van der Waals surface area contributed by atoms with Crippen molar-refractivity contribution < 1.29 is 18.1 Å². The molecule has 0 spiro atoms. The van der Waals surface area contributed by atoms with Gasteiger partial charge in [-0.25, -0.2) is 12.7 Å². The Labute approximate surface area is 173 Å². The predicted octanol–water partition coefficient (Wildman–Crippen LogP) is 0.914. The fourth-order valence-corrected chi connectivity index (χ4v) is 4.42. The lowest BCUT2D eigenvalue weighted by Crippen LogP contribution is -3.14. The molecule has 0 bridgehead atoms. The standard InChI is InChI=1S/C21H28N4O3S/c1-4-24-12-14-25(15-13-24)20-11-6-5-10-19(20)22-21(26)17-8-7-9-18(16-17)29(27,28)23(2)3/h5-11,16H,4,12-15H2,1-3H3,(H,22,26)/p+1. The molecule has 1 aliphatic heterocycles. The van der Waals surface area contributed by atoms with Crippen LogP contribution in [-0.2, 0) is 10.0 Å². The number of benzene rings is 2. The molecule has 0 unspecified atom stereocenters. The Kier molecular flexibility index (Phi) is 6.56. The first-order chi connectivity index (χ1) is 13.8. The third-order valence-corrected chi connectivity index (χ3v) is 7.15. The van der Waals surface area contributed by atoms with Gasteiger partial charge in [0.25, 0.3) is 5.91 Å². The zero-order valence-corrected chi connectivity index (χ0v) is 18.0. The highest BCUT2D eigenvalue weighted by Gasteiger charge is 2.22. The van der Waals surface area contributed by atoms with Gasteiger partial charge in [-0.1, -0.05) is 18.2 Å². The lowest BCUT2D eigenvalue weighted by Gasteiger charge is -2.34. The van der Waals surface area contributed by atoms with Gasteiger partial charge in [-0.3, -0.25) is 4.79 Å². The molecule has 29 heavy (non-hydrogen) atoms. The van der Waals surface area contributed by atoms with Gasteiger partial charge in [0.15, 0.2) is 0 Å². The summed E-state index contributed by atoms with van der Waals surface area (Å²) in [5, 5.41) is 2.96. The van der Waals surface area contributed by atoms with Gasteiger partial charge < -0.3 is 15.1 Å². The Morgan fingerprint density at radius 2 is 1.79 bits per heavy atom. The third-order valence-electron chi connectivity index (χ3n) is 5.34. The van der Waals surface area contributed by atoms with Gasteiger partial charge in [0.2, 0.25) is 10.0 Å². The molecule has 0 aliphatic carbocycles. The number of para-hydroxylation sites is 2. The van der Waals surface area contributed by atoms with Gasteiger partial charge in [-0.15, -0.1) is 0 Å². The van der Waals surface area contributed by atoms with Crippen LogP contribution in [-0.4, -0.2) is 65.4 Å². The zero-order valence-electron chi connectivity index (χ0n) is 17.2. The van der Waals surface area contributed by atoms with Gasteiger partial charge in [0.1, 0.15) is 0 Å². The number of carbonyl (C=O) groups excluding carboxylic acids is 1. The summed E-state index contributed by atoms with van der Waals surface area (Å²) in [7, 11) is -0.655. The van der Waals surface area contributed by atoms with Crippen LogP contribution in [0.1, 0.15) is 17.3 Å². The van der Waals surface area contributed by atoms with Crippen molar-refractivity contribution in [3.8, 4) is 0 Å². The van der Waals surface area contributed by atoms with Crippen molar-refractivity contribution in [1.29, 1.82) is 0 Å². The Hall–Kier alpha value is -2.42. The van der Waals surface area contributed by atoms with E-state index in [9.17, 15) is 13.2 Å². The van der Waals surface area contributed by atoms with Crippen LogP contribution in [0.2, 0.25) is 0 Å².